The standard InChI is InChI=1S/C18H16BrFN2O3/c1-2-21(14-6-4-13(20)5-7-14)17(23)10-22-15-8-3-12(19)9-16(15)25-11-18(22)24/h3-9H,2,10-11H2,1H3. The third-order valence-electron chi connectivity index (χ3n) is 3.91. The number of nitrogens with zero attached hydrogens (tertiary/aromatic N) is 2. The summed E-state index contributed by atoms with van der Waals surface area (Å²) in [7, 11) is 0. The molecule has 130 valence electrons. The Bertz CT molecular complexity index is 810. The van der Waals surface area contributed by atoms with Crippen LogP contribution in [0.25, 0.3) is 0 Å². The molecule has 0 aliphatic carbocycles. The van der Waals surface area contributed by atoms with Crippen LogP contribution in [-0.4, -0.2) is 31.5 Å². The first-order valence-electron chi connectivity index (χ1n) is 7.78. The summed E-state index contributed by atoms with van der Waals surface area (Å²) >= 11 is 3.36. The van der Waals surface area contributed by atoms with Crippen LogP contribution in [0.1, 0.15) is 6.92 Å². The molecule has 0 saturated carbocycles. The van der Waals surface area contributed by atoms with Crippen LogP contribution in [0.15, 0.2) is 46.9 Å². The second-order valence-corrected chi connectivity index (χ2v) is 6.41. The molecule has 0 fully saturated rings. The predicted octanol–water partition coefficient (Wildman–Crippen LogP) is 3.37. The maximum Gasteiger partial charge on any atom is 0.265 e. The Morgan fingerprint density at radius 3 is 2.68 bits per heavy atom. The number of halogens is 2. The number of carbonyl (C=O) groups excluding carboxylic acids is 2. The Kier molecular flexibility index (Phi) is 5.03. The second-order valence-electron chi connectivity index (χ2n) is 5.50. The largest absolute Gasteiger partial charge is 0.482 e. The van der Waals surface area contributed by atoms with Crippen LogP contribution in [0.5, 0.6) is 5.75 Å². The highest BCUT2D eigenvalue weighted by Crippen LogP contribution is 2.34. The van der Waals surface area contributed by atoms with Crippen molar-refractivity contribution >= 4 is 39.1 Å². The van der Waals surface area contributed by atoms with Gasteiger partial charge in [0.2, 0.25) is 5.91 Å². The summed E-state index contributed by atoms with van der Waals surface area (Å²) in [4.78, 5) is 27.9. The van der Waals surface area contributed by atoms with E-state index in [1.807, 2.05) is 6.92 Å². The van der Waals surface area contributed by atoms with Gasteiger partial charge in [0, 0.05) is 16.7 Å². The Balaban J connectivity index is 1.84. The number of benzene rings is 2. The number of rotatable bonds is 4. The molecule has 7 heteroatoms. The van der Waals surface area contributed by atoms with E-state index in [0.29, 0.717) is 23.7 Å². The van der Waals surface area contributed by atoms with Gasteiger partial charge in [0.05, 0.1) is 5.69 Å². The van der Waals surface area contributed by atoms with Gasteiger partial charge in [0.15, 0.2) is 6.61 Å². The molecule has 3 rings (SSSR count). The molecule has 1 aliphatic heterocycles. The van der Waals surface area contributed by atoms with Gasteiger partial charge in [-0.1, -0.05) is 15.9 Å². The monoisotopic (exact) mass is 406 g/mol. The van der Waals surface area contributed by atoms with Crippen molar-refractivity contribution in [1.82, 2.24) is 0 Å². The van der Waals surface area contributed by atoms with E-state index >= 15 is 0 Å². The summed E-state index contributed by atoms with van der Waals surface area (Å²) in [5.41, 5.74) is 1.15. The molecule has 0 atom stereocenters. The molecular weight excluding hydrogens is 391 g/mol. The van der Waals surface area contributed by atoms with E-state index in [-0.39, 0.29) is 30.8 Å². The molecule has 25 heavy (non-hydrogen) atoms. The van der Waals surface area contributed by atoms with Gasteiger partial charge >= 0.3 is 0 Å². The van der Waals surface area contributed by atoms with E-state index in [9.17, 15) is 14.0 Å². The van der Waals surface area contributed by atoms with E-state index in [0.717, 1.165) is 4.47 Å². The smallest absolute Gasteiger partial charge is 0.265 e. The molecule has 0 aromatic heterocycles. The first-order valence-corrected chi connectivity index (χ1v) is 8.57. The number of hydrogen-bond donors (Lipinski definition) is 0. The number of hydrogen-bond acceptors (Lipinski definition) is 3. The summed E-state index contributed by atoms with van der Waals surface area (Å²) in [5.74, 6) is -0.349. The van der Waals surface area contributed by atoms with Gasteiger partial charge in [0.1, 0.15) is 18.1 Å². The SMILES string of the molecule is CCN(C(=O)CN1C(=O)COc2cc(Br)ccc21)c1ccc(F)cc1. The lowest BCUT2D eigenvalue weighted by Gasteiger charge is -2.31. The van der Waals surface area contributed by atoms with Crippen LogP contribution in [-0.2, 0) is 9.59 Å². The maximum absolute atomic E-state index is 13.1. The highest BCUT2D eigenvalue weighted by molar-refractivity contribution is 9.10. The van der Waals surface area contributed by atoms with Crippen LogP contribution in [0.2, 0.25) is 0 Å². The lowest BCUT2D eigenvalue weighted by atomic mass is 10.2. The van der Waals surface area contributed by atoms with Crippen molar-refractivity contribution in [1.29, 1.82) is 0 Å². The zero-order valence-electron chi connectivity index (χ0n) is 13.5. The molecular formula is C18H16BrFN2O3. The molecule has 1 aliphatic rings. The Morgan fingerprint density at radius 1 is 1.28 bits per heavy atom. The Labute approximate surface area is 153 Å². The van der Waals surface area contributed by atoms with Crippen molar-refractivity contribution in [3.8, 4) is 5.75 Å². The first-order chi connectivity index (χ1) is 12.0. The average molecular weight is 407 g/mol. The number of anilines is 2. The van der Waals surface area contributed by atoms with E-state index in [1.165, 1.54) is 21.9 Å². The number of carbonyl (C=O) groups is 2. The highest BCUT2D eigenvalue weighted by Gasteiger charge is 2.29. The van der Waals surface area contributed by atoms with Crippen LogP contribution in [0.3, 0.4) is 0 Å². The van der Waals surface area contributed by atoms with Crippen molar-refractivity contribution in [3.05, 3.63) is 52.8 Å². The fraction of sp³-hybridized carbons (Fsp3) is 0.222. The fourth-order valence-electron chi connectivity index (χ4n) is 2.70. The van der Waals surface area contributed by atoms with Gasteiger partial charge < -0.3 is 9.64 Å². The van der Waals surface area contributed by atoms with E-state index < -0.39 is 0 Å². The summed E-state index contributed by atoms with van der Waals surface area (Å²) < 4.78 is 19.4. The normalized spacial score (nSPS) is 13.2. The predicted molar refractivity (Wildman–Crippen MR) is 96.4 cm³/mol. The molecule has 0 spiro atoms. The average Bonchev–Trinajstić information content (AvgIpc) is 2.60. The summed E-state index contributed by atoms with van der Waals surface area (Å²) in [5, 5.41) is 0. The second kappa shape index (κ2) is 7.23. The van der Waals surface area contributed by atoms with Crippen molar-refractivity contribution in [3.63, 3.8) is 0 Å². The topological polar surface area (TPSA) is 49.9 Å². The van der Waals surface area contributed by atoms with Crippen LogP contribution in [0, 0.1) is 5.82 Å². The summed E-state index contributed by atoms with van der Waals surface area (Å²) in [6.07, 6.45) is 0. The molecule has 2 aromatic carbocycles. The molecule has 0 bridgehead atoms. The van der Waals surface area contributed by atoms with Gasteiger partial charge in [-0.15, -0.1) is 0 Å². The Morgan fingerprint density at radius 2 is 2.00 bits per heavy atom. The van der Waals surface area contributed by atoms with Gasteiger partial charge in [-0.2, -0.15) is 0 Å². The van der Waals surface area contributed by atoms with E-state index in [1.54, 1.807) is 30.3 Å². The molecule has 1 heterocycles. The lowest BCUT2D eigenvalue weighted by Crippen LogP contribution is -2.46. The van der Waals surface area contributed by atoms with Crippen LogP contribution >= 0.6 is 15.9 Å². The molecule has 0 saturated heterocycles. The maximum atomic E-state index is 13.1. The Hall–Kier alpha value is -2.41. The molecule has 2 amide bonds. The zero-order valence-corrected chi connectivity index (χ0v) is 15.1. The van der Waals surface area contributed by atoms with Crippen LogP contribution < -0.4 is 14.5 Å². The number of fused-ring (bicyclic) bond motifs is 1. The first kappa shape index (κ1) is 17.4. The third-order valence-corrected chi connectivity index (χ3v) is 4.41. The van der Waals surface area contributed by atoms with Crippen LogP contribution in [0.4, 0.5) is 15.8 Å². The van der Waals surface area contributed by atoms with Gasteiger partial charge in [-0.3, -0.25) is 14.5 Å². The van der Waals surface area contributed by atoms with Gasteiger partial charge in [-0.05, 0) is 49.4 Å². The van der Waals surface area contributed by atoms with Gasteiger partial charge in [-0.25, -0.2) is 4.39 Å². The van der Waals surface area contributed by atoms with E-state index in [2.05, 4.69) is 15.9 Å². The van der Waals surface area contributed by atoms with Gasteiger partial charge in [0.25, 0.3) is 5.91 Å². The number of ether oxygens (including phenoxy) is 1. The van der Waals surface area contributed by atoms with Crippen molar-refractivity contribution in [2.75, 3.05) is 29.5 Å². The zero-order chi connectivity index (χ0) is 18.0. The molecule has 0 N–H and O–H groups in total. The molecule has 5 nitrogen and oxygen atoms in total. The van der Waals surface area contributed by atoms with Crippen molar-refractivity contribution in [2.45, 2.75) is 6.92 Å². The minimum Gasteiger partial charge on any atom is -0.482 e. The molecule has 2 aromatic rings. The fourth-order valence-corrected chi connectivity index (χ4v) is 3.04. The highest BCUT2D eigenvalue weighted by atomic mass is 79.9. The molecule has 0 unspecified atom stereocenters. The third kappa shape index (κ3) is 3.66. The van der Waals surface area contributed by atoms with Crippen molar-refractivity contribution in [2.24, 2.45) is 0 Å². The summed E-state index contributed by atoms with van der Waals surface area (Å²) in [6.45, 7) is 2.02. The minimum absolute atomic E-state index is 0.109. The van der Waals surface area contributed by atoms with E-state index in [4.69, 9.17) is 4.74 Å². The lowest BCUT2D eigenvalue weighted by molar-refractivity contribution is -0.124. The quantitative estimate of drug-likeness (QED) is 0.781. The number of amides is 2. The minimum atomic E-state index is -0.366. The molecule has 0 radical (unpaired) electrons. The van der Waals surface area contributed by atoms with Crippen molar-refractivity contribution < 1.29 is 18.7 Å². The summed E-state index contributed by atoms with van der Waals surface area (Å²) in [6, 6.07) is 11.0. The number of likely N-dealkylation sites (N-methyl/N-ethyl adjacent to an activating group) is 1.